The van der Waals surface area contributed by atoms with E-state index in [0.717, 1.165) is 48.2 Å². The van der Waals surface area contributed by atoms with E-state index in [0.29, 0.717) is 21.7 Å². The van der Waals surface area contributed by atoms with Gasteiger partial charge in [-0.15, -0.1) is 0 Å². The van der Waals surface area contributed by atoms with Crippen molar-refractivity contribution in [3.63, 3.8) is 0 Å². The highest BCUT2D eigenvalue weighted by molar-refractivity contribution is 7.15. The number of anilines is 1. The van der Waals surface area contributed by atoms with E-state index in [9.17, 15) is 9.90 Å². The molecule has 1 saturated carbocycles. The summed E-state index contributed by atoms with van der Waals surface area (Å²) in [4.78, 5) is 21.2. The van der Waals surface area contributed by atoms with Crippen molar-refractivity contribution in [2.75, 3.05) is 25.3 Å². The van der Waals surface area contributed by atoms with Crippen LogP contribution in [-0.2, 0) is 10.2 Å². The number of nitrogens with one attached hydrogen (secondary N) is 1. The van der Waals surface area contributed by atoms with Crippen LogP contribution in [0.25, 0.3) is 0 Å². The predicted molar refractivity (Wildman–Crippen MR) is 134 cm³/mol. The summed E-state index contributed by atoms with van der Waals surface area (Å²) in [6.07, 6.45) is 5.35. The lowest BCUT2D eigenvalue weighted by Gasteiger charge is -2.32. The molecule has 2 N–H and O–H groups in total. The van der Waals surface area contributed by atoms with Crippen LogP contribution in [0.15, 0.2) is 48.7 Å². The van der Waals surface area contributed by atoms with Crippen molar-refractivity contribution in [3.05, 3.63) is 69.7 Å². The molecule has 3 aromatic rings. The third-order valence-electron chi connectivity index (χ3n) is 7.29. The second kappa shape index (κ2) is 9.09. The van der Waals surface area contributed by atoms with Gasteiger partial charge < -0.3 is 19.9 Å². The first-order valence-electron chi connectivity index (χ1n) is 11.9. The lowest BCUT2D eigenvalue weighted by Crippen LogP contribution is -2.36. The summed E-state index contributed by atoms with van der Waals surface area (Å²) in [5.74, 6) is 1.34. The minimum atomic E-state index is -0.564. The number of aliphatic hydroxyl groups is 1. The third kappa shape index (κ3) is 4.08. The monoisotopic (exact) mass is 511 g/mol. The van der Waals surface area contributed by atoms with Crippen LogP contribution in [0, 0.1) is 0 Å². The maximum atomic E-state index is 13.4. The molecule has 0 bridgehead atoms. The van der Waals surface area contributed by atoms with Crippen molar-refractivity contribution < 1.29 is 19.4 Å². The number of aromatic nitrogens is 1. The molecular formula is C26H26ClN3O4S. The van der Waals surface area contributed by atoms with Gasteiger partial charge in [-0.3, -0.25) is 9.69 Å². The fourth-order valence-corrected chi connectivity index (χ4v) is 6.43. The van der Waals surface area contributed by atoms with Gasteiger partial charge in [-0.05, 0) is 61.6 Å². The van der Waals surface area contributed by atoms with E-state index in [1.807, 2.05) is 48.7 Å². The van der Waals surface area contributed by atoms with Gasteiger partial charge in [-0.1, -0.05) is 47.2 Å². The number of benzene rings is 2. The highest BCUT2D eigenvalue weighted by atomic mass is 35.5. The van der Waals surface area contributed by atoms with E-state index in [1.54, 1.807) is 0 Å². The number of thiazole rings is 1. The Balaban J connectivity index is 1.26. The molecule has 2 atom stereocenters. The molecule has 9 heteroatoms. The van der Waals surface area contributed by atoms with Crippen LogP contribution in [0.3, 0.4) is 0 Å². The molecule has 3 heterocycles. The van der Waals surface area contributed by atoms with Crippen molar-refractivity contribution in [1.82, 2.24) is 9.88 Å². The molecule has 7 nitrogen and oxygen atoms in total. The molecule has 0 radical (unpaired) electrons. The first-order chi connectivity index (χ1) is 17.1. The topological polar surface area (TPSA) is 83.9 Å². The zero-order valence-electron chi connectivity index (χ0n) is 19.1. The van der Waals surface area contributed by atoms with E-state index in [1.165, 1.54) is 11.3 Å². The molecule has 0 spiro atoms. The molecule has 3 aliphatic rings. The van der Waals surface area contributed by atoms with Crippen molar-refractivity contribution >= 4 is 34.0 Å². The molecule has 2 aliphatic heterocycles. The number of rotatable bonds is 7. The van der Waals surface area contributed by atoms with Gasteiger partial charge in [0.05, 0.1) is 18.1 Å². The molecule has 1 saturated heterocycles. The highest BCUT2D eigenvalue weighted by Gasteiger charge is 2.52. The summed E-state index contributed by atoms with van der Waals surface area (Å²) < 4.78 is 10.9. The summed E-state index contributed by atoms with van der Waals surface area (Å²) in [6, 6.07) is 13.5. The normalized spacial score (nSPS) is 21.1. The smallest absolute Gasteiger partial charge is 0.236 e. The SMILES string of the molecule is O=C(Nc1ncc(C(c2ccccc2Cl)N2CCCC2CO)s1)C1(c2ccc3c(c2)OCO3)CC1. The largest absolute Gasteiger partial charge is 0.454 e. The second-order valence-electron chi connectivity index (χ2n) is 9.31. The quantitative estimate of drug-likeness (QED) is 0.476. The molecule has 2 unspecified atom stereocenters. The van der Waals surface area contributed by atoms with Gasteiger partial charge in [0.2, 0.25) is 12.7 Å². The molecule has 2 aromatic carbocycles. The van der Waals surface area contributed by atoms with E-state index in [2.05, 4.69) is 15.2 Å². The maximum Gasteiger partial charge on any atom is 0.236 e. The summed E-state index contributed by atoms with van der Waals surface area (Å²) in [5, 5.41) is 14.3. The minimum Gasteiger partial charge on any atom is -0.454 e. The van der Waals surface area contributed by atoms with Gasteiger partial charge in [0.1, 0.15) is 0 Å². The highest BCUT2D eigenvalue weighted by Crippen LogP contribution is 2.51. The van der Waals surface area contributed by atoms with Crippen LogP contribution in [0.1, 0.15) is 47.7 Å². The standard InChI is InChI=1S/C26H26ClN3O4S/c27-19-6-2-1-5-18(19)23(30-11-3-4-17(30)14-31)22-13-28-25(35-22)29-24(32)26(9-10-26)16-7-8-20-21(12-16)34-15-33-20/h1-2,5-8,12-13,17,23,31H,3-4,9-11,14-15H2,(H,28,29,32). The Morgan fingerprint density at radius 3 is 2.89 bits per heavy atom. The molecule has 1 aliphatic carbocycles. The third-order valence-corrected chi connectivity index (χ3v) is 8.60. The Hall–Kier alpha value is -2.65. The van der Waals surface area contributed by atoms with Gasteiger partial charge in [-0.2, -0.15) is 0 Å². The lowest BCUT2D eigenvalue weighted by atomic mass is 9.94. The molecule has 2 fully saturated rings. The number of amides is 1. The number of likely N-dealkylation sites (tertiary alicyclic amines) is 1. The van der Waals surface area contributed by atoms with Crippen LogP contribution in [0.5, 0.6) is 11.5 Å². The summed E-state index contributed by atoms with van der Waals surface area (Å²) in [5.41, 5.74) is 1.36. The Morgan fingerprint density at radius 2 is 2.09 bits per heavy atom. The zero-order chi connectivity index (χ0) is 24.0. The van der Waals surface area contributed by atoms with E-state index < -0.39 is 5.41 Å². The van der Waals surface area contributed by atoms with Crippen LogP contribution in [0.4, 0.5) is 5.13 Å². The summed E-state index contributed by atoms with van der Waals surface area (Å²) in [6.45, 7) is 1.18. The van der Waals surface area contributed by atoms with E-state index in [-0.39, 0.29) is 31.4 Å². The lowest BCUT2D eigenvalue weighted by molar-refractivity contribution is -0.118. The number of ether oxygens (including phenoxy) is 2. The van der Waals surface area contributed by atoms with Crippen LogP contribution in [0.2, 0.25) is 5.02 Å². The molecular weight excluding hydrogens is 486 g/mol. The van der Waals surface area contributed by atoms with Crippen LogP contribution in [-0.4, -0.2) is 46.9 Å². The Labute approximate surface area is 212 Å². The van der Waals surface area contributed by atoms with Crippen LogP contribution < -0.4 is 14.8 Å². The molecule has 182 valence electrons. The number of hydrogen-bond donors (Lipinski definition) is 2. The fourth-order valence-electron chi connectivity index (χ4n) is 5.24. The molecule has 6 rings (SSSR count). The average Bonchev–Trinajstić information content (AvgIpc) is 3.19. The second-order valence-corrected chi connectivity index (χ2v) is 10.8. The first kappa shape index (κ1) is 22.8. The average molecular weight is 512 g/mol. The Kier molecular flexibility index (Phi) is 5.92. The van der Waals surface area contributed by atoms with Crippen molar-refractivity contribution in [3.8, 4) is 11.5 Å². The van der Waals surface area contributed by atoms with Crippen molar-refractivity contribution in [2.45, 2.75) is 43.2 Å². The molecule has 1 amide bonds. The number of hydrogen-bond acceptors (Lipinski definition) is 7. The van der Waals surface area contributed by atoms with Gasteiger partial charge >= 0.3 is 0 Å². The van der Waals surface area contributed by atoms with Gasteiger partial charge in [-0.25, -0.2) is 4.98 Å². The number of carbonyl (C=O) groups excluding carboxylic acids is 1. The van der Waals surface area contributed by atoms with Crippen LogP contribution >= 0.6 is 22.9 Å². The number of nitrogens with zero attached hydrogens (tertiary/aromatic N) is 2. The van der Waals surface area contributed by atoms with E-state index >= 15 is 0 Å². The number of carbonyl (C=O) groups is 1. The van der Waals surface area contributed by atoms with E-state index in [4.69, 9.17) is 21.1 Å². The Bertz CT molecular complexity index is 1260. The number of fused-ring (bicyclic) bond motifs is 1. The fraction of sp³-hybridized carbons (Fsp3) is 0.385. The molecule has 1 aromatic heterocycles. The van der Waals surface area contributed by atoms with Gasteiger partial charge in [0.15, 0.2) is 16.6 Å². The van der Waals surface area contributed by atoms with Crippen molar-refractivity contribution in [1.29, 1.82) is 0 Å². The predicted octanol–water partition coefficient (Wildman–Crippen LogP) is 4.74. The van der Waals surface area contributed by atoms with Crippen molar-refractivity contribution in [2.24, 2.45) is 0 Å². The first-order valence-corrected chi connectivity index (χ1v) is 13.1. The number of halogens is 1. The molecule has 35 heavy (non-hydrogen) atoms. The van der Waals surface area contributed by atoms with Gasteiger partial charge in [0, 0.05) is 22.1 Å². The summed E-state index contributed by atoms with van der Waals surface area (Å²) >= 11 is 8.07. The minimum absolute atomic E-state index is 0.0547. The summed E-state index contributed by atoms with van der Waals surface area (Å²) in [7, 11) is 0. The number of aliphatic hydroxyl groups excluding tert-OH is 1. The van der Waals surface area contributed by atoms with Gasteiger partial charge in [0.25, 0.3) is 0 Å². The Morgan fingerprint density at radius 1 is 1.26 bits per heavy atom. The maximum absolute atomic E-state index is 13.4. The zero-order valence-corrected chi connectivity index (χ0v) is 20.6.